The van der Waals surface area contributed by atoms with E-state index in [1.54, 1.807) is 23.2 Å². The number of anilines is 1. The van der Waals surface area contributed by atoms with Crippen LogP contribution >= 0.6 is 0 Å². The van der Waals surface area contributed by atoms with E-state index in [0.717, 1.165) is 19.6 Å². The van der Waals surface area contributed by atoms with Gasteiger partial charge >= 0.3 is 0 Å². The number of rotatable bonds is 3. The highest BCUT2D eigenvalue weighted by atomic mass is 16.2. The minimum absolute atomic E-state index is 0.0775. The standard InChI is InChI=1S/C13H18N4O/c1-2-6-16-7-9-17(10-8-16)13(18)12-11(14)4-3-5-15-12/h2-5H,1,6-10,14H2. The van der Waals surface area contributed by atoms with Crippen molar-refractivity contribution in [3.8, 4) is 0 Å². The lowest BCUT2D eigenvalue weighted by Crippen LogP contribution is -2.48. The van der Waals surface area contributed by atoms with Crippen LogP contribution in [0.3, 0.4) is 0 Å². The number of pyridine rings is 1. The summed E-state index contributed by atoms with van der Waals surface area (Å²) in [7, 11) is 0. The summed E-state index contributed by atoms with van der Waals surface area (Å²) in [6, 6.07) is 3.43. The summed E-state index contributed by atoms with van der Waals surface area (Å²) in [5, 5.41) is 0. The van der Waals surface area contributed by atoms with E-state index in [4.69, 9.17) is 5.73 Å². The van der Waals surface area contributed by atoms with E-state index in [2.05, 4.69) is 16.5 Å². The summed E-state index contributed by atoms with van der Waals surface area (Å²) in [6.45, 7) is 7.74. The second kappa shape index (κ2) is 5.64. The molecule has 1 aliphatic rings. The first-order valence-corrected chi connectivity index (χ1v) is 6.05. The van der Waals surface area contributed by atoms with Gasteiger partial charge in [0.1, 0.15) is 0 Å². The van der Waals surface area contributed by atoms with Crippen molar-refractivity contribution in [1.82, 2.24) is 14.8 Å². The van der Waals surface area contributed by atoms with Crippen molar-refractivity contribution < 1.29 is 4.79 Å². The van der Waals surface area contributed by atoms with Crippen molar-refractivity contribution >= 4 is 11.6 Å². The van der Waals surface area contributed by atoms with Crippen LogP contribution in [0, 0.1) is 0 Å². The van der Waals surface area contributed by atoms with Crippen LogP contribution in [-0.4, -0.2) is 53.4 Å². The van der Waals surface area contributed by atoms with Crippen molar-refractivity contribution in [2.75, 3.05) is 38.5 Å². The maximum absolute atomic E-state index is 12.2. The molecule has 0 bridgehead atoms. The Morgan fingerprint density at radius 2 is 2.17 bits per heavy atom. The molecule has 2 rings (SSSR count). The van der Waals surface area contributed by atoms with Gasteiger partial charge in [0, 0.05) is 38.9 Å². The van der Waals surface area contributed by atoms with Gasteiger partial charge in [-0.05, 0) is 12.1 Å². The predicted octanol–water partition coefficient (Wildman–Crippen LogP) is 0.608. The number of nitrogens with zero attached hydrogens (tertiary/aromatic N) is 3. The Labute approximate surface area is 107 Å². The second-order valence-corrected chi connectivity index (χ2v) is 4.32. The van der Waals surface area contributed by atoms with Crippen molar-refractivity contribution in [2.45, 2.75) is 0 Å². The summed E-state index contributed by atoms with van der Waals surface area (Å²) in [4.78, 5) is 20.4. The van der Waals surface area contributed by atoms with E-state index in [9.17, 15) is 4.79 Å². The van der Waals surface area contributed by atoms with E-state index in [1.807, 2.05) is 6.08 Å². The Hall–Kier alpha value is -1.88. The van der Waals surface area contributed by atoms with Crippen LogP contribution in [0.2, 0.25) is 0 Å². The number of nitrogen functional groups attached to an aromatic ring is 1. The van der Waals surface area contributed by atoms with Gasteiger partial charge in [-0.15, -0.1) is 6.58 Å². The third kappa shape index (κ3) is 2.68. The zero-order valence-electron chi connectivity index (χ0n) is 10.4. The molecule has 0 aliphatic carbocycles. The van der Waals surface area contributed by atoms with Gasteiger partial charge in [-0.2, -0.15) is 0 Å². The third-order valence-corrected chi connectivity index (χ3v) is 3.09. The molecule has 5 heteroatoms. The van der Waals surface area contributed by atoms with E-state index >= 15 is 0 Å². The lowest BCUT2D eigenvalue weighted by Gasteiger charge is -2.34. The third-order valence-electron chi connectivity index (χ3n) is 3.09. The highest BCUT2D eigenvalue weighted by molar-refractivity contribution is 5.97. The van der Waals surface area contributed by atoms with Gasteiger partial charge < -0.3 is 10.6 Å². The summed E-state index contributed by atoms with van der Waals surface area (Å²) in [5.74, 6) is -0.0775. The van der Waals surface area contributed by atoms with Crippen molar-refractivity contribution in [1.29, 1.82) is 0 Å². The minimum atomic E-state index is -0.0775. The van der Waals surface area contributed by atoms with Crippen molar-refractivity contribution in [3.63, 3.8) is 0 Å². The topological polar surface area (TPSA) is 62.5 Å². The predicted molar refractivity (Wildman–Crippen MR) is 71.2 cm³/mol. The normalized spacial score (nSPS) is 16.6. The summed E-state index contributed by atoms with van der Waals surface area (Å²) >= 11 is 0. The Balaban J connectivity index is 2.00. The first-order chi connectivity index (χ1) is 8.72. The molecule has 18 heavy (non-hydrogen) atoms. The van der Waals surface area contributed by atoms with Gasteiger partial charge in [-0.3, -0.25) is 9.69 Å². The van der Waals surface area contributed by atoms with Crippen LogP contribution < -0.4 is 5.73 Å². The van der Waals surface area contributed by atoms with Crippen LogP contribution in [-0.2, 0) is 0 Å². The number of piperazine rings is 1. The van der Waals surface area contributed by atoms with Gasteiger partial charge in [0.15, 0.2) is 5.69 Å². The first-order valence-electron chi connectivity index (χ1n) is 6.05. The monoisotopic (exact) mass is 246 g/mol. The molecule has 1 aromatic heterocycles. The number of hydrogen-bond donors (Lipinski definition) is 1. The summed E-state index contributed by atoms with van der Waals surface area (Å²) < 4.78 is 0. The fourth-order valence-electron chi connectivity index (χ4n) is 2.06. The lowest BCUT2D eigenvalue weighted by molar-refractivity contribution is 0.0645. The molecule has 1 amide bonds. The van der Waals surface area contributed by atoms with Crippen LogP contribution in [0.25, 0.3) is 0 Å². The summed E-state index contributed by atoms with van der Waals surface area (Å²) in [5.41, 5.74) is 6.57. The van der Waals surface area contributed by atoms with Crippen LogP contribution in [0.1, 0.15) is 10.5 Å². The average molecular weight is 246 g/mol. The molecule has 1 saturated heterocycles. The number of nitrogens with two attached hydrogens (primary N) is 1. The SMILES string of the molecule is C=CCN1CCN(C(=O)c2ncccc2N)CC1. The zero-order valence-corrected chi connectivity index (χ0v) is 10.4. The second-order valence-electron chi connectivity index (χ2n) is 4.32. The molecule has 1 aromatic rings. The maximum Gasteiger partial charge on any atom is 0.274 e. The number of carbonyl (C=O) groups is 1. The van der Waals surface area contributed by atoms with E-state index < -0.39 is 0 Å². The molecule has 1 aliphatic heterocycles. The van der Waals surface area contributed by atoms with Crippen molar-refractivity contribution in [2.24, 2.45) is 0 Å². The average Bonchev–Trinajstić information content (AvgIpc) is 2.40. The molecule has 5 nitrogen and oxygen atoms in total. The number of carbonyl (C=O) groups excluding carboxylic acids is 1. The zero-order chi connectivity index (χ0) is 13.0. The van der Waals surface area contributed by atoms with Gasteiger partial charge in [-0.1, -0.05) is 6.08 Å². The van der Waals surface area contributed by atoms with Gasteiger partial charge in [-0.25, -0.2) is 4.98 Å². The molecule has 2 N–H and O–H groups in total. The fourth-order valence-corrected chi connectivity index (χ4v) is 2.06. The Morgan fingerprint density at radius 3 is 2.78 bits per heavy atom. The molecule has 1 fully saturated rings. The largest absolute Gasteiger partial charge is 0.397 e. The van der Waals surface area contributed by atoms with Crippen molar-refractivity contribution in [3.05, 3.63) is 36.7 Å². The molecule has 0 unspecified atom stereocenters. The van der Waals surface area contributed by atoms with Crippen LogP contribution in [0.15, 0.2) is 31.0 Å². The molecule has 0 radical (unpaired) electrons. The molecule has 0 atom stereocenters. The minimum Gasteiger partial charge on any atom is -0.397 e. The van der Waals surface area contributed by atoms with Gasteiger partial charge in [0.05, 0.1) is 5.69 Å². The highest BCUT2D eigenvalue weighted by Crippen LogP contribution is 2.12. The van der Waals surface area contributed by atoms with Crippen LogP contribution in [0.4, 0.5) is 5.69 Å². The quantitative estimate of drug-likeness (QED) is 0.794. The van der Waals surface area contributed by atoms with Gasteiger partial charge in [0.25, 0.3) is 5.91 Å². The molecule has 0 spiro atoms. The molecular weight excluding hydrogens is 228 g/mol. The smallest absolute Gasteiger partial charge is 0.274 e. The number of aromatic nitrogens is 1. The Morgan fingerprint density at radius 1 is 1.44 bits per heavy atom. The van der Waals surface area contributed by atoms with E-state index in [0.29, 0.717) is 24.5 Å². The molecule has 0 saturated carbocycles. The number of hydrogen-bond acceptors (Lipinski definition) is 4. The van der Waals surface area contributed by atoms with E-state index in [-0.39, 0.29) is 5.91 Å². The van der Waals surface area contributed by atoms with Crippen LogP contribution in [0.5, 0.6) is 0 Å². The highest BCUT2D eigenvalue weighted by Gasteiger charge is 2.23. The Bertz CT molecular complexity index is 438. The lowest BCUT2D eigenvalue weighted by atomic mass is 10.2. The molecular formula is C13H18N4O. The molecule has 96 valence electrons. The number of amides is 1. The molecule has 2 heterocycles. The first kappa shape index (κ1) is 12.6. The maximum atomic E-state index is 12.2. The Kier molecular flexibility index (Phi) is 3.94. The van der Waals surface area contributed by atoms with E-state index in [1.165, 1.54) is 0 Å². The molecule has 0 aromatic carbocycles. The fraction of sp³-hybridized carbons (Fsp3) is 0.385. The summed E-state index contributed by atoms with van der Waals surface area (Å²) in [6.07, 6.45) is 3.48. The van der Waals surface area contributed by atoms with Gasteiger partial charge in [0.2, 0.25) is 0 Å².